The van der Waals surface area contributed by atoms with Crippen LogP contribution in [0.15, 0.2) is 22.8 Å². The Morgan fingerprint density at radius 2 is 1.61 bits per heavy atom. The van der Waals surface area contributed by atoms with Crippen molar-refractivity contribution in [1.29, 1.82) is 0 Å². The van der Waals surface area contributed by atoms with E-state index < -0.39 is 22.8 Å². The lowest BCUT2D eigenvalue weighted by molar-refractivity contribution is -0.154. The molecule has 3 rings (SSSR count). The molecule has 0 aliphatic heterocycles. The Labute approximate surface area is 137 Å². The van der Waals surface area contributed by atoms with Gasteiger partial charge in [0.05, 0.1) is 5.41 Å². The van der Waals surface area contributed by atoms with Crippen LogP contribution >= 0.6 is 0 Å². The third-order valence-corrected chi connectivity index (χ3v) is 5.87. The number of aliphatic carboxylic acids is 2. The highest BCUT2D eigenvalue weighted by Gasteiger charge is 2.61. The van der Waals surface area contributed by atoms with Crippen LogP contribution in [0.25, 0.3) is 0 Å². The van der Waals surface area contributed by atoms with Crippen LogP contribution in [-0.2, 0) is 9.59 Å². The van der Waals surface area contributed by atoms with Crippen LogP contribution in [0.3, 0.4) is 0 Å². The molecule has 23 heavy (non-hydrogen) atoms. The summed E-state index contributed by atoms with van der Waals surface area (Å²) in [6.45, 7) is 10.1. The Morgan fingerprint density at radius 3 is 2.13 bits per heavy atom. The summed E-state index contributed by atoms with van der Waals surface area (Å²) < 4.78 is 0. The van der Waals surface area contributed by atoms with E-state index in [4.69, 9.17) is 0 Å². The summed E-state index contributed by atoms with van der Waals surface area (Å²) >= 11 is 0. The molecule has 3 aliphatic carbocycles. The second kappa shape index (κ2) is 4.28. The van der Waals surface area contributed by atoms with Crippen LogP contribution in [0.4, 0.5) is 0 Å². The molecule has 0 aromatic carbocycles. The van der Waals surface area contributed by atoms with Gasteiger partial charge in [0.25, 0.3) is 0 Å². The molecule has 2 bridgehead atoms. The number of fused-ring (bicyclic) bond motifs is 4. The largest absolute Gasteiger partial charge is 0.481 e. The number of rotatable bonds is 2. The normalized spacial score (nSPS) is 37.2. The first-order valence-electron chi connectivity index (χ1n) is 8.26. The zero-order valence-corrected chi connectivity index (χ0v) is 14.6. The van der Waals surface area contributed by atoms with Crippen LogP contribution in [0.5, 0.6) is 0 Å². The van der Waals surface area contributed by atoms with E-state index in [0.29, 0.717) is 30.4 Å². The molecule has 0 aromatic rings. The second-order valence-corrected chi connectivity index (χ2v) is 9.52. The van der Waals surface area contributed by atoms with Crippen molar-refractivity contribution in [3.8, 4) is 0 Å². The summed E-state index contributed by atoms with van der Waals surface area (Å²) in [7, 11) is 0. The fourth-order valence-corrected chi connectivity index (χ4v) is 5.96. The smallest absolute Gasteiger partial charge is 0.332 e. The van der Waals surface area contributed by atoms with Gasteiger partial charge in [-0.1, -0.05) is 40.7 Å². The molecule has 3 aliphatic rings. The van der Waals surface area contributed by atoms with E-state index in [2.05, 4.69) is 26.8 Å². The highest BCUT2D eigenvalue weighted by atomic mass is 16.4. The van der Waals surface area contributed by atoms with Gasteiger partial charge in [-0.05, 0) is 47.7 Å². The maximum Gasteiger partial charge on any atom is 0.332 e. The van der Waals surface area contributed by atoms with Crippen LogP contribution in [0, 0.1) is 21.7 Å². The maximum atomic E-state index is 12.4. The minimum atomic E-state index is -1.07. The molecule has 0 saturated heterocycles. The maximum absolute atomic E-state index is 12.4. The van der Waals surface area contributed by atoms with Crippen molar-refractivity contribution in [3.05, 3.63) is 22.8 Å². The SMILES string of the molecule is CC1(C)C[C@@]2(C)C=C3CC(C)(C)C(C(=O)O)=C3[C@@](C(=O)O)(C1)C2. The molecule has 0 aromatic heterocycles. The zero-order valence-electron chi connectivity index (χ0n) is 14.6. The van der Waals surface area contributed by atoms with E-state index in [-0.39, 0.29) is 10.8 Å². The van der Waals surface area contributed by atoms with Crippen LogP contribution < -0.4 is 0 Å². The van der Waals surface area contributed by atoms with E-state index in [0.717, 1.165) is 12.0 Å². The lowest BCUT2D eigenvalue weighted by Gasteiger charge is -2.54. The fraction of sp³-hybridized carbons (Fsp3) is 0.684. The fourth-order valence-electron chi connectivity index (χ4n) is 5.96. The number of allylic oxidation sites excluding steroid dienone is 2. The van der Waals surface area contributed by atoms with E-state index >= 15 is 0 Å². The van der Waals surface area contributed by atoms with Gasteiger partial charge in [-0.3, -0.25) is 4.79 Å². The van der Waals surface area contributed by atoms with Crippen molar-refractivity contribution >= 4 is 11.9 Å². The first kappa shape index (κ1) is 16.3. The van der Waals surface area contributed by atoms with Crippen molar-refractivity contribution in [3.63, 3.8) is 0 Å². The Hall–Kier alpha value is -1.58. The van der Waals surface area contributed by atoms with Gasteiger partial charge in [0, 0.05) is 11.0 Å². The highest BCUT2D eigenvalue weighted by Crippen LogP contribution is 2.66. The predicted octanol–water partition coefficient (Wildman–Crippen LogP) is 4.02. The van der Waals surface area contributed by atoms with E-state index in [1.807, 2.05) is 13.8 Å². The Morgan fingerprint density at radius 1 is 1.00 bits per heavy atom. The molecular weight excluding hydrogens is 292 g/mol. The van der Waals surface area contributed by atoms with Gasteiger partial charge in [0.2, 0.25) is 0 Å². The molecule has 126 valence electrons. The van der Waals surface area contributed by atoms with E-state index in [1.54, 1.807) is 0 Å². The monoisotopic (exact) mass is 318 g/mol. The molecule has 0 amide bonds. The second-order valence-electron chi connectivity index (χ2n) is 9.52. The van der Waals surface area contributed by atoms with Gasteiger partial charge < -0.3 is 10.2 Å². The lowest BCUT2D eigenvalue weighted by Crippen LogP contribution is -2.50. The average molecular weight is 318 g/mol. The molecule has 0 spiro atoms. The van der Waals surface area contributed by atoms with Crippen molar-refractivity contribution < 1.29 is 19.8 Å². The van der Waals surface area contributed by atoms with Gasteiger partial charge in [0.15, 0.2) is 0 Å². The first-order valence-corrected chi connectivity index (χ1v) is 8.26. The molecular formula is C19H26O4. The van der Waals surface area contributed by atoms with Gasteiger partial charge in [-0.25, -0.2) is 4.79 Å². The number of hydrogen-bond acceptors (Lipinski definition) is 2. The lowest BCUT2D eigenvalue weighted by atomic mass is 9.49. The first-order chi connectivity index (χ1) is 10.3. The summed E-state index contributed by atoms with van der Waals surface area (Å²) in [6.07, 6.45) is 4.75. The standard InChI is InChI=1S/C19H26O4/c1-16(2)8-18(5)7-11-6-17(3,4)13(14(20)21)12(11)19(9-16,10-18)15(22)23/h7H,6,8-10H2,1-5H3,(H,20,21)(H,22,23)/t18-,19-/m1/s1. The molecule has 1 saturated carbocycles. The van der Waals surface area contributed by atoms with Crippen LogP contribution in [-0.4, -0.2) is 22.2 Å². The number of hydrogen-bond donors (Lipinski definition) is 2. The zero-order chi connectivity index (χ0) is 17.4. The number of carboxylic acid groups (broad SMARTS) is 2. The molecule has 2 N–H and O–H groups in total. The van der Waals surface area contributed by atoms with Crippen LogP contribution in [0.2, 0.25) is 0 Å². The third kappa shape index (κ3) is 2.18. The summed E-state index contributed by atoms with van der Waals surface area (Å²) in [5.74, 6) is -1.84. The average Bonchev–Trinajstić information content (AvgIpc) is 2.55. The van der Waals surface area contributed by atoms with Crippen molar-refractivity contribution in [1.82, 2.24) is 0 Å². The molecule has 0 radical (unpaired) electrons. The topological polar surface area (TPSA) is 74.6 Å². The number of carbonyl (C=O) groups is 2. The van der Waals surface area contributed by atoms with Crippen molar-refractivity contribution in [2.24, 2.45) is 21.7 Å². The summed E-state index contributed by atoms with van der Waals surface area (Å²) in [4.78, 5) is 24.3. The third-order valence-electron chi connectivity index (χ3n) is 5.87. The predicted molar refractivity (Wildman–Crippen MR) is 87.0 cm³/mol. The van der Waals surface area contributed by atoms with Gasteiger partial charge in [-0.15, -0.1) is 0 Å². The summed E-state index contributed by atoms with van der Waals surface area (Å²) in [5.41, 5.74) is -0.0207. The van der Waals surface area contributed by atoms with Gasteiger partial charge in [0.1, 0.15) is 0 Å². The van der Waals surface area contributed by atoms with E-state index in [1.165, 1.54) is 0 Å². The summed E-state index contributed by atoms with van der Waals surface area (Å²) in [6, 6.07) is 0. The quantitative estimate of drug-likeness (QED) is 0.806. The highest BCUT2D eigenvalue weighted by molar-refractivity contribution is 5.95. The van der Waals surface area contributed by atoms with E-state index in [9.17, 15) is 19.8 Å². The Balaban J connectivity index is 2.37. The van der Waals surface area contributed by atoms with Gasteiger partial charge in [-0.2, -0.15) is 0 Å². The molecule has 1 fully saturated rings. The minimum absolute atomic E-state index is 0.128. The molecule has 4 heteroatoms. The number of carboxylic acids is 2. The van der Waals surface area contributed by atoms with Crippen molar-refractivity contribution in [2.75, 3.05) is 0 Å². The van der Waals surface area contributed by atoms with Crippen LogP contribution in [0.1, 0.15) is 60.3 Å². The van der Waals surface area contributed by atoms with Crippen molar-refractivity contribution in [2.45, 2.75) is 60.3 Å². The minimum Gasteiger partial charge on any atom is -0.481 e. The molecule has 2 atom stereocenters. The van der Waals surface area contributed by atoms with Gasteiger partial charge >= 0.3 is 11.9 Å². The Kier molecular flexibility index (Phi) is 3.03. The molecule has 0 heterocycles. The summed E-state index contributed by atoms with van der Waals surface area (Å²) in [5, 5.41) is 19.9. The molecule has 0 unspecified atom stereocenters. The Bertz CT molecular complexity index is 679. The molecule has 4 nitrogen and oxygen atoms in total.